The zero-order valence-corrected chi connectivity index (χ0v) is 15.0. The number of anilines is 1. The Morgan fingerprint density at radius 2 is 2.08 bits per heavy atom. The summed E-state index contributed by atoms with van der Waals surface area (Å²) in [4.78, 5) is 28.6. The normalized spacial score (nSPS) is 13.3. The van der Waals surface area contributed by atoms with Gasteiger partial charge in [0.2, 0.25) is 5.91 Å². The van der Waals surface area contributed by atoms with Gasteiger partial charge in [-0.05, 0) is 25.5 Å². The van der Waals surface area contributed by atoms with Crippen molar-refractivity contribution in [2.75, 3.05) is 12.4 Å². The first kappa shape index (κ1) is 18.2. The van der Waals surface area contributed by atoms with Crippen LogP contribution >= 0.6 is 11.3 Å². The molecule has 2 atom stereocenters. The largest absolute Gasteiger partial charge is 0.467 e. The number of benzene rings is 1. The van der Waals surface area contributed by atoms with Crippen LogP contribution in [0.1, 0.15) is 33.1 Å². The smallest absolute Gasteiger partial charge is 0.328 e. The number of thiazole rings is 1. The number of carbonyl (C=O) groups excluding carboxylic acids is 2. The number of unbranched alkanes of at least 4 members (excludes halogenated alkanes) is 1. The topological polar surface area (TPSA) is 80.3 Å². The fourth-order valence-corrected chi connectivity index (χ4v) is 3.23. The number of para-hydroxylation sites is 1. The Morgan fingerprint density at radius 3 is 2.75 bits per heavy atom. The summed E-state index contributed by atoms with van der Waals surface area (Å²) in [6.45, 7) is 3.78. The van der Waals surface area contributed by atoms with Crippen LogP contribution in [0.2, 0.25) is 0 Å². The van der Waals surface area contributed by atoms with Gasteiger partial charge in [0, 0.05) is 0 Å². The lowest BCUT2D eigenvalue weighted by Crippen LogP contribution is -2.47. The van der Waals surface area contributed by atoms with E-state index in [-0.39, 0.29) is 5.91 Å². The minimum Gasteiger partial charge on any atom is -0.467 e. The molecule has 1 aromatic carbocycles. The Balaban J connectivity index is 1.98. The number of amides is 1. The van der Waals surface area contributed by atoms with Gasteiger partial charge in [0.15, 0.2) is 5.13 Å². The Hall–Kier alpha value is -2.15. The number of fused-ring (bicyclic) bond motifs is 1. The van der Waals surface area contributed by atoms with E-state index >= 15 is 0 Å². The Kier molecular flexibility index (Phi) is 6.54. The first-order chi connectivity index (χ1) is 11.5. The SMILES string of the molecule is CCCC[C@H](NC(=O)[C@H](C)Nc1nc2ccccc2s1)C(=O)OC. The van der Waals surface area contributed by atoms with E-state index in [9.17, 15) is 9.59 Å². The van der Waals surface area contributed by atoms with Crippen molar-refractivity contribution in [3.05, 3.63) is 24.3 Å². The van der Waals surface area contributed by atoms with Crippen LogP contribution in [0.5, 0.6) is 0 Å². The number of nitrogens with zero attached hydrogens (tertiary/aromatic N) is 1. The first-order valence-electron chi connectivity index (χ1n) is 8.05. The van der Waals surface area contributed by atoms with Crippen LogP contribution in [0, 0.1) is 0 Å². The molecule has 0 bridgehead atoms. The van der Waals surface area contributed by atoms with Crippen molar-refractivity contribution in [2.45, 2.75) is 45.2 Å². The van der Waals surface area contributed by atoms with Gasteiger partial charge in [0.1, 0.15) is 12.1 Å². The molecule has 130 valence electrons. The molecule has 0 fully saturated rings. The second-order valence-electron chi connectivity index (χ2n) is 5.58. The molecule has 0 saturated heterocycles. The van der Waals surface area contributed by atoms with Gasteiger partial charge in [-0.1, -0.05) is 43.2 Å². The minimum atomic E-state index is -0.609. The van der Waals surface area contributed by atoms with Gasteiger partial charge in [0.25, 0.3) is 0 Å². The third-order valence-electron chi connectivity index (χ3n) is 3.68. The molecule has 6 nitrogen and oxygen atoms in total. The van der Waals surface area contributed by atoms with Crippen LogP contribution in [0.3, 0.4) is 0 Å². The molecule has 2 N–H and O–H groups in total. The number of carbonyl (C=O) groups is 2. The maximum atomic E-state index is 12.4. The predicted octanol–water partition coefficient (Wildman–Crippen LogP) is 2.94. The van der Waals surface area contributed by atoms with Crippen LogP contribution in [-0.4, -0.2) is 36.1 Å². The van der Waals surface area contributed by atoms with Crippen molar-refractivity contribution < 1.29 is 14.3 Å². The van der Waals surface area contributed by atoms with E-state index < -0.39 is 18.1 Å². The molecule has 0 aliphatic rings. The highest BCUT2D eigenvalue weighted by atomic mass is 32.1. The molecule has 0 spiro atoms. The molecule has 0 aliphatic heterocycles. The second kappa shape index (κ2) is 8.63. The highest BCUT2D eigenvalue weighted by Gasteiger charge is 2.24. The van der Waals surface area contributed by atoms with Crippen molar-refractivity contribution in [3.8, 4) is 0 Å². The quantitative estimate of drug-likeness (QED) is 0.716. The van der Waals surface area contributed by atoms with Crippen molar-refractivity contribution in [2.24, 2.45) is 0 Å². The summed E-state index contributed by atoms with van der Waals surface area (Å²) in [6.07, 6.45) is 2.37. The van der Waals surface area contributed by atoms with E-state index in [0.29, 0.717) is 11.6 Å². The third kappa shape index (κ3) is 4.67. The summed E-state index contributed by atoms with van der Waals surface area (Å²) in [5.41, 5.74) is 0.896. The number of ether oxygens (including phenoxy) is 1. The number of hydrogen-bond acceptors (Lipinski definition) is 6. The molecule has 1 amide bonds. The van der Waals surface area contributed by atoms with Crippen LogP contribution < -0.4 is 10.6 Å². The lowest BCUT2D eigenvalue weighted by molar-refractivity contribution is -0.145. The molecule has 1 aromatic heterocycles. The molecule has 24 heavy (non-hydrogen) atoms. The summed E-state index contributed by atoms with van der Waals surface area (Å²) in [6, 6.07) is 6.69. The summed E-state index contributed by atoms with van der Waals surface area (Å²) in [7, 11) is 1.33. The lowest BCUT2D eigenvalue weighted by atomic mass is 10.1. The van der Waals surface area contributed by atoms with E-state index in [1.807, 2.05) is 31.2 Å². The van der Waals surface area contributed by atoms with Crippen molar-refractivity contribution in [1.29, 1.82) is 0 Å². The average Bonchev–Trinajstić information content (AvgIpc) is 2.99. The maximum Gasteiger partial charge on any atom is 0.328 e. The Labute approximate surface area is 145 Å². The highest BCUT2D eigenvalue weighted by Crippen LogP contribution is 2.25. The van der Waals surface area contributed by atoms with E-state index in [1.165, 1.54) is 18.4 Å². The standard InChI is InChI=1S/C17H23N3O3S/c1-4-5-8-13(16(22)23-3)19-15(21)11(2)18-17-20-12-9-6-7-10-14(12)24-17/h6-7,9-11,13H,4-5,8H2,1-3H3,(H,18,20)(H,19,21)/t11-,13-/m0/s1. The van der Waals surface area contributed by atoms with Gasteiger partial charge in [0.05, 0.1) is 17.3 Å². The molecule has 2 aromatic rings. The van der Waals surface area contributed by atoms with Crippen LogP contribution in [-0.2, 0) is 14.3 Å². The van der Waals surface area contributed by atoms with Crippen molar-refractivity contribution in [1.82, 2.24) is 10.3 Å². The van der Waals surface area contributed by atoms with E-state index in [0.717, 1.165) is 23.1 Å². The summed E-state index contributed by atoms with van der Waals surface area (Å²) < 4.78 is 5.82. The van der Waals surface area contributed by atoms with Crippen LogP contribution in [0.25, 0.3) is 10.2 Å². The number of methoxy groups -OCH3 is 1. The second-order valence-corrected chi connectivity index (χ2v) is 6.61. The molecule has 0 unspecified atom stereocenters. The van der Waals surface area contributed by atoms with Gasteiger partial charge in [-0.3, -0.25) is 4.79 Å². The summed E-state index contributed by atoms with van der Waals surface area (Å²) in [5, 5.41) is 6.53. The number of nitrogens with one attached hydrogen (secondary N) is 2. The minimum absolute atomic E-state index is 0.249. The zero-order valence-electron chi connectivity index (χ0n) is 14.2. The molecule has 0 saturated carbocycles. The number of rotatable bonds is 8. The van der Waals surface area contributed by atoms with Gasteiger partial charge in [-0.25, -0.2) is 9.78 Å². The number of esters is 1. The Bertz CT molecular complexity index is 668. The van der Waals surface area contributed by atoms with Crippen LogP contribution in [0.4, 0.5) is 5.13 Å². The predicted molar refractivity (Wildman–Crippen MR) is 96.2 cm³/mol. The number of hydrogen-bond donors (Lipinski definition) is 2. The van der Waals surface area contributed by atoms with E-state index in [1.54, 1.807) is 6.92 Å². The highest BCUT2D eigenvalue weighted by molar-refractivity contribution is 7.22. The Morgan fingerprint density at radius 1 is 1.33 bits per heavy atom. The van der Waals surface area contributed by atoms with E-state index in [2.05, 4.69) is 15.6 Å². The van der Waals surface area contributed by atoms with Crippen LogP contribution in [0.15, 0.2) is 24.3 Å². The summed E-state index contributed by atoms with van der Waals surface area (Å²) in [5.74, 6) is -0.662. The first-order valence-corrected chi connectivity index (χ1v) is 8.87. The fraction of sp³-hybridized carbons (Fsp3) is 0.471. The average molecular weight is 349 g/mol. The summed E-state index contributed by atoms with van der Waals surface area (Å²) >= 11 is 1.49. The van der Waals surface area contributed by atoms with Crippen molar-refractivity contribution >= 4 is 38.6 Å². The molecule has 7 heteroatoms. The number of aromatic nitrogens is 1. The molecule has 1 heterocycles. The van der Waals surface area contributed by atoms with E-state index in [4.69, 9.17) is 4.74 Å². The third-order valence-corrected chi connectivity index (χ3v) is 4.64. The maximum absolute atomic E-state index is 12.4. The molecule has 0 radical (unpaired) electrons. The van der Waals surface area contributed by atoms with Gasteiger partial charge >= 0.3 is 5.97 Å². The van der Waals surface area contributed by atoms with Gasteiger partial charge in [-0.15, -0.1) is 0 Å². The van der Waals surface area contributed by atoms with Crippen molar-refractivity contribution in [3.63, 3.8) is 0 Å². The molecular formula is C17H23N3O3S. The molecule has 2 rings (SSSR count). The zero-order chi connectivity index (χ0) is 17.5. The monoisotopic (exact) mass is 349 g/mol. The van der Waals surface area contributed by atoms with Gasteiger partial charge < -0.3 is 15.4 Å². The lowest BCUT2D eigenvalue weighted by Gasteiger charge is -2.19. The molecular weight excluding hydrogens is 326 g/mol. The fourth-order valence-electron chi connectivity index (χ4n) is 2.28. The molecule has 0 aliphatic carbocycles. The van der Waals surface area contributed by atoms with Gasteiger partial charge in [-0.2, -0.15) is 0 Å².